The Morgan fingerprint density at radius 1 is 1.25 bits per heavy atom. The molecule has 0 aromatic carbocycles. The first-order valence-electron chi connectivity index (χ1n) is 4.96. The van der Waals surface area contributed by atoms with Crippen molar-refractivity contribution in [2.75, 3.05) is 0 Å². The lowest BCUT2D eigenvalue weighted by atomic mass is 9.90. The first-order chi connectivity index (χ1) is 5.83. The van der Waals surface area contributed by atoms with Gasteiger partial charge in [-0.05, 0) is 37.7 Å². The van der Waals surface area contributed by atoms with Crippen molar-refractivity contribution >= 4 is 6.29 Å². The highest BCUT2D eigenvalue weighted by Gasteiger charge is 2.08. The van der Waals surface area contributed by atoms with Crippen molar-refractivity contribution in [3.8, 4) is 0 Å². The molecule has 1 fully saturated rings. The third-order valence-electron chi connectivity index (χ3n) is 2.69. The summed E-state index contributed by atoms with van der Waals surface area (Å²) < 4.78 is 0. The number of rotatable bonds is 1. The van der Waals surface area contributed by atoms with E-state index in [0.717, 1.165) is 25.0 Å². The number of allylic oxidation sites excluding steroid dienone is 2. The maximum absolute atomic E-state index is 10.3. The summed E-state index contributed by atoms with van der Waals surface area (Å²) in [6, 6.07) is 0. The van der Waals surface area contributed by atoms with Gasteiger partial charge in [-0.2, -0.15) is 0 Å². The van der Waals surface area contributed by atoms with Crippen molar-refractivity contribution in [3.05, 3.63) is 11.6 Å². The molecule has 1 heteroatoms. The van der Waals surface area contributed by atoms with E-state index in [9.17, 15) is 4.79 Å². The van der Waals surface area contributed by atoms with Crippen LogP contribution in [0.3, 0.4) is 0 Å². The summed E-state index contributed by atoms with van der Waals surface area (Å²) in [6.07, 6.45) is 10.2. The van der Waals surface area contributed by atoms with Gasteiger partial charge in [-0.15, -0.1) is 0 Å². The van der Waals surface area contributed by atoms with E-state index < -0.39 is 0 Å². The minimum Gasteiger partial charge on any atom is -0.299 e. The van der Waals surface area contributed by atoms with Crippen LogP contribution in [-0.2, 0) is 4.79 Å². The molecule has 0 saturated heterocycles. The van der Waals surface area contributed by atoms with Crippen molar-refractivity contribution in [1.82, 2.24) is 0 Å². The molecular formula is C11H18O. The Morgan fingerprint density at radius 3 is 2.33 bits per heavy atom. The summed E-state index contributed by atoms with van der Waals surface area (Å²) in [5.74, 6) is 0.891. The van der Waals surface area contributed by atoms with Crippen molar-refractivity contribution in [2.24, 2.45) is 5.92 Å². The molecule has 0 aromatic heterocycles. The molecule has 68 valence electrons. The van der Waals surface area contributed by atoms with E-state index in [2.05, 4.69) is 6.92 Å². The molecule has 1 nitrogen and oxygen atoms in total. The second-order valence-electron chi connectivity index (χ2n) is 3.85. The Balaban J connectivity index is 2.40. The van der Waals surface area contributed by atoms with Gasteiger partial charge < -0.3 is 0 Å². The third kappa shape index (κ3) is 3.21. The Morgan fingerprint density at radius 2 is 1.83 bits per heavy atom. The fraction of sp³-hybridized carbons (Fsp3) is 0.727. The Kier molecular flexibility index (Phi) is 4.06. The standard InChI is InChI=1S/C11H18O/c1-10-4-2-6-11(8-9-12)7-3-5-10/h8-10H,2-7H2,1H3. The number of carbonyl (C=O) groups excluding carboxylic acids is 1. The predicted molar refractivity (Wildman–Crippen MR) is 51.0 cm³/mol. The van der Waals surface area contributed by atoms with Gasteiger partial charge in [0.05, 0.1) is 0 Å². The highest BCUT2D eigenvalue weighted by Crippen LogP contribution is 2.24. The lowest BCUT2D eigenvalue weighted by Gasteiger charge is -2.16. The van der Waals surface area contributed by atoms with Gasteiger partial charge in [-0.1, -0.05) is 25.3 Å². The fourth-order valence-corrected chi connectivity index (χ4v) is 1.89. The van der Waals surface area contributed by atoms with Crippen LogP contribution < -0.4 is 0 Å². The van der Waals surface area contributed by atoms with Crippen molar-refractivity contribution < 1.29 is 4.79 Å². The largest absolute Gasteiger partial charge is 0.299 e. The second kappa shape index (κ2) is 5.13. The van der Waals surface area contributed by atoms with Crippen LogP contribution in [0.15, 0.2) is 11.6 Å². The monoisotopic (exact) mass is 166 g/mol. The molecular weight excluding hydrogens is 148 g/mol. The molecule has 0 spiro atoms. The van der Waals surface area contributed by atoms with E-state index in [4.69, 9.17) is 0 Å². The molecule has 1 saturated carbocycles. The van der Waals surface area contributed by atoms with Crippen molar-refractivity contribution in [1.29, 1.82) is 0 Å². The van der Waals surface area contributed by atoms with Crippen LogP contribution in [-0.4, -0.2) is 6.29 Å². The van der Waals surface area contributed by atoms with Crippen molar-refractivity contribution in [2.45, 2.75) is 45.4 Å². The van der Waals surface area contributed by atoms with Gasteiger partial charge in [-0.3, -0.25) is 4.79 Å². The molecule has 0 atom stereocenters. The SMILES string of the molecule is CC1CCCC(=CC=O)CCC1. The van der Waals surface area contributed by atoms with E-state index in [-0.39, 0.29) is 0 Å². The van der Waals surface area contributed by atoms with Crippen LogP contribution >= 0.6 is 0 Å². The zero-order chi connectivity index (χ0) is 8.81. The highest BCUT2D eigenvalue weighted by molar-refractivity contribution is 5.66. The van der Waals surface area contributed by atoms with E-state index in [1.54, 1.807) is 6.08 Å². The lowest BCUT2D eigenvalue weighted by Crippen LogP contribution is -2.00. The van der Waals surface area contributed by atoms with E-state index in [0.29, 0.717) is 0 Å². The maximum Gasteiger partial charge on any atom is 0.142 e. The van der Waals surface area contributed by atoms with E-state index in [1.165, 1.54) is 31.3 Å². The summed E-state index contributed by atoms with van der Waals surface area (Å²) in [5.41, 5.74) is 1.36. The highest BCUT2D eigenvalue weighted by atomic mass is 16.1. The zero-order valence-corrected chi connectivity index (χ0v) is 7.88. The lowest BCUT2D eigenvalue weighted by molar-refractivity contribution is -0.104. The fourth-order valence-electron chi connectivity index (χ4n) is 1.89. The second-order valence-corrected chi connectivity index (χ2v) is 3.85. The van der Waals surface area contributed by atoms with Gasteiger partial charge in [0, 0.05) is 0 Å². The summed E-state index contributed by atoms with van der Waals surface area (Å²) >= 11 is 0. The smallest absolute Gasteiger partial charge is 0.142 e. The van der Waals surface area contributed by atoms with Crippen LogP contribution in [0.1, 0.15) is 45.4 Å². The summed E-state index contributed by atoms with van der Waals surface area (Å²) in [6.45, 7) is 2.33. The minimum absolute atomic E-state index is 0.891. The number of aldehydes is 1. The van der Waals surface area contributed by atoms with E-state index >= 15 is 0 Å². The van der Waals surface area contributed by atoms with E-state index in [1.807, 2.05) is 0 Å². The minimum atomic E-state index is 0.891. The van der Waals surface area contributed by atoms with Crippen LogP contribution in [0.2, 0.25) is 0 Å². The number of hydrogen-bond acceptors (Lipinski definition) is 1. The maximum atomic E-state index is 10.3. The Hall–Kier alpha value is -0.590. The van der Waals surface area contributed by atoms with Crippen LogP contribution in [0.4, 0.5) is 0 Å². The van der Waals surface area contributed by atoms with Crippen LogP contribution in [0, 0.1) is 5.92 Å². The molecule has 0 radical (unpaired) electrons. The normalized spacial score (nSPS) is 25.8. The molecule has 1 aliphatic carbocycles. The summed E-state index contributed by atoms with van der Waals surface area (Å²) in [4.78, 5) is 10.3. The Bertz CT molecular complexity index is 158. The summed E-state index contributed by atoms with van der Waals surface area (Å²) in [5, 5.41) is 0. The van der Waals surface area contributed by atoms with Gasteiger partial charge in [0.1, 0.15) is 6.29 Å². The zero-order valence-electron chi connectivity index (χ0n) is 7.88. The molecule has 0 aliphatic heterocycles. The number of carbonyl (C=O) groups is 1. The van der Waals surface area contributed by atoms with Crippen molar-refractivity contribution in [3.63, 3.8) is 0 Å². The average molecular weight is 166 g/mol. The molecule has 0 bridgehead atoms. The van der Waals surface area contributed by atoms with Gasteiger partial charge in [0.25, 0.3) is 0 Å². The molecule has 0 aromatic rings. The molecule has 1 rings (SSSR count). The molecule has 0 unspecified atom stereocenters. The molecule has 1 aliphatic rings. The van der Waals surface area contributed by atoms with Gasteiger partial charge in [-0.25, -0.2) is 0 Å². The molecule has 0 N–H and O–H groups in total. The van der Waals surface area contributed by atoms with Gasteiger partial charge >= 0.3 is 0 Å². The average Bonchev–Trinajstić information content (AvgIpc) is 2.00. The van der Waals surface area contributed by atoms with Crippen LogP contribution in [0.25, 0.3) is 0 Å². The predicted octanol–water partition coefficient (Wildman–Crippen LogP) is 3.10. The number of hydrogen-bond donors (Lipinski definition) is 0. The topological polar surface area (TPSA) is 17.1 Å². The molecule has 0 amide bonds. The quantitative estimate of drug-likeness (QED) is 0.432. The van der Waals surface area contributed by atoms with Crippen LogP contribution in [0.5, 0.6) is 0 Å². The molecule has 0 heterocycles. The molecule has 12 heavy (non-hydrogen) atoms. The van der Waals surface area contributed by atoms with Gasteiger partial charge in [0.15, 0.2) is 0 Å². The summed E-state index contributed by atoms with van der Waals surface area (Å²) in [7, 11) is 0. The first kappa shape index (κ1) is 9.50. The Labute approximate surface area is 74.9 Å². The third-order valence-corrected chi connectivity index (χ3v) is 2.69. The van der Waals surface area contributed by atoms with Gasteiger partial charge in [0.2, 0.25) is 0 Å². The first-order valence-corrected chi connectivity index (χ1v) is 4.96.